The minimum Gasteiger partial charge on any atom is -0.480 e. The Labute approximate surface area is 156 Å². The fourth-order valence-electron chi connectivity index (χ4n) is 3.08. The van der Waals surface area contributed by atoms with Crippen molar-refractivity contribution < 1.29 is 19.0 Å². The number of amides is 1. The molecule has 1 aliphatic heterocycles. The van der Waals surface area contributed by atoms with E-state index in [1.165, 1.54) is 0 Å². The second kappa shape index (κ2) is 9.71. The van der Waals surface area contributed by atoms with Crippen LogP contribution in [0.25, 0.3) is 0 Å². The standard InChI is InChI=1S/C19H31N3O4/c1-19(2,3)26-18(23)22-12-6-5-8-15(22)9-7-13-25-14-16-17(24-4)21-11-10-20-16/h10-11,15H,5-9,12-14H2,1-4H3. The third kappa shape index (κ3) is 6.44. The molecule has 0 saturated carbocycles. The molecule has 1 aliphatic rings. The number of nitrogens with zero attached hydrogens (tertiary/aromatic N) is 3. The fraction of sp³-hybridized carbons (Fsp3) is 0.737. The molecule has 1 saturated heterocycles. The van der Waals surface area contributed by atoms with Crippen molar-refractivity contribution in [3.8, 4) is 5.88 Å². The maximum Gasteiger partial charge on any atom is 0.410 e. The smallest absolute Gasteiger partial charge is 0.410 e. The predicted octanol–water partition coefficient (Wildman–Crippen LogP) is 3.57. The van der Waals surface area contributed by atoms with Crippen molar-refractivity contribution in [2.75, 3.05) is 20.3 Å². The lowest BCUT2D eigenvalue weighted by Gasteiger charge is -2.36. The Morgan fingerprint density at radius 2 is 2.04 bits per heavy atom. The zero-order chi connectivity index (χ0) is 19.0. The first-order chi connectivity index (χ1) is 12.4. The minimum atomic E-state index is -0.460. The lowest BCUT2D eigenvalue weighted by molar-refractivity contribution is 0.00721. The molecule has 2 heterocycles. The first kappa shape index (κ1) is 20.4. The maximum atomic E-state index is 12.4. The van der Waals surface area contributed by atoms with E-state index in [4.69, 9.17) is 14.2 Å². The number of rotatable bonds is 7. The average Bonchev–Trinajstić information content (AvgIpc) is 2.60. The van der Waals surface area contributed by atoms with Gasteiger partial charge >= 0.3 is 6.09 Å². The van der Waals surface area contributed by atoms with E-state index >= 15 is 0 Å². The van der Waals surface area contributed by atoms with Crippen molar-refractivity contribution in [2.45, 2.75) is 71.1 Å². The van der Waals surface area contributed by atoms with Gasteiger partial charge in [0.05, 0.1) is 13.7 Å². The Hall–Kier alpha value is -1.89. The number of hydrogen-bond donors (Lipinski definition) is 0. The van der Waals surface area contributed by atoms with Crippen molar-refractivity contribution in [3.63, 3.8) is 0 Å². The van der Waals surface area contributed by atoms with Crippen molar-refractivity contribution in [2.24, 2.45) is 0 Å². The summed E-state index contributed by atoms with van der Waals surface area (Å²) < 4.78 is 16.4. The van der Waals surface area contributed by atoms with E-state index in [1.54, 1.807) is 19.5 Å². The van der Waals surface area contributed by atoms with Gasteiger partial charge in [-0.1, -0.05) is 0 Å². The normalized spacial score (nSPS) is 17.8. The second-order valence-electron chi connectivity index (χ2n) is 7.53. The van der Waals surface area contributed by atoms with Crippen LogP contribution in [-0.4, -0.2) is 52.9 Å². The Balaban J connectivity index is 1.75. The van der Waals surface area contributed by atoms with E-state index in [2.05, 4.69) is 9.97 Å². The molecule has 1 unspecified atom stereocenters. The molecule has 0 aromatic carbocycles. The molecule has 7 heteroatoms. The lowest BCUT2D eigenvalue weighted by Crippen LogP contribution is -2.46. The quantitative estimate of drug-likeness (QED) is 0.688. The van der Waals surface area contributed by atoms with Gasteiger partial charge in [0.15, 0.2) is 0 Å². The number of piperidine rings is 1. The van der Waals surface area contributed by atoms with Gasteiger partial charge in [-0.2, -0.15) is 0 Å². The van der Waals surface area contributed by atoms with E-state index < -0.39 is 5.60 Å². The highest BCUT2D eigenvalue weighted by molar-refractivity contribution is 5.68. The van der Waals surface area contributed by atoms with Crippen molar-refractivity contribution in [3.05, 3.63) is 18.1 Å². The van der Waals surface area contributed by atoms with Gasteiger partial charge in [-0.05, 0) is 52.9 Å². The zero-order valence-corrected chi connectivity index (χ0v) is 16.4. The van der Waals surface area contributed by atoms with Crippen LogP contribution in [0.2, 0.25) is 0 Å². The van der Waals surface area contributed by atoms with Gasteiger partial charge in [0.2, 0.25) is 5.88 Å². The molecular weight excluding hydrogens is 334 g/mol. The highest BCUT2D eigenvalue weighted by atomic mass is 16.6. The molecule has 0 aliphatic carbocycles. The Morgan fingerprint density at radius 1 is 1.27 bits per heavy atom. The van der Waals surface area contributed by atoms with Crippen LogP contribution in [0, 0.1) is 0 Å². The fourth-order valence-corrected chi connectivity index (χ4v) is 3.08. The topological polar surface area (TPSA) is 73.8 Å². The SMILES string of the molecule is COc1nccnc1COCCCC1CCCCN1C(=O)OC(C)(C)C. The summed E-state index contributed by atoms with van der Waals surface area (Å²) in [4.78, 5) is 22.6. The van der Waals surface area contributed by atoms with Gasteiger partial charge in [-0.25, -0.2) is 9.78 Å². The van der Waals surface area contributed by atoms with Gasteiger partial charge in [-0.15, -0.1) is 0 Å². The molecule has 1 amide bonds. The molecule has 1 aromatic heterocycles. The summed E-state index contributed by atoms with van der Waals surface area (Å²) in [7, 11) is 1.57. The molecule has 0 bridgehead atoms. The molecule has 1 fully saturated rings. The Morgan fingerprint density at radius 3 is 2.77 bits per heavy atom. The maximum absolute atomic E-state index is 12.4. The summed E-state index contributed by atoms with van der Waals surface area (Å²) in [6.45, 7) is 7.46. The van der Waals surface area contributed by atoms with Gasteiger partial charge in [0, 0.05) is 31.6 Å². The Bertz CT molecular complexity index is 574. The lowest BCUT2D eigenvalue weighted by atomic mass is 9.98. The molecule has 1 aromatic rings. The predicted molar refractivity (Wildman–Crippen MR) is 98.1 cm³/mol. The molecule has 2 rings (SSSR count). The summed E-state index contributed by atoms with van der Waals surface area (Å²) in [5, 5.41) is 0. The molecule has 0 radical (unpaired) electrons. The summed E-state index contributed by atoms with van der Waals surface area (Å²) in [6, 6.07) is 0.230. The third-order valence-corrected chi connectivity index (χ3v) is 4.25. The first-order valence-electron chi connectivity index (χ1n) is 9.32. The average molecular weight is 365 g/mol. The molecule has 0 spiro atoms. The molecule has 146 valence electrons. The number of carbonyl (C=O) groups is 1. The number of aromatic nitrogens is 2. The van der Waals surface area contributed by atoms with Crippen LogP contribution in [-0.2, 0) is 16.1 Å². The number of methoxy groups -OCH3 is 1. The highest BCUT2D eigenvalue weighted by Crippen LogP contribution is 2.23. The first-order valence-corrected chi connectivity index (χ1v) is 9.32. The molecule has 7 nitrogen and oxygen atoms in total. The Kier molecular flexibility index (Phi) is 7.63. The van der Waals surface area contributed by atoms with Crippen LogP contribution in [0.4, 0.5) is 4.79 Å². The summed E-state index contributed by atoms with van der Waals surface area (Å²) in [5.41, 5.74) is 0.237. The highest BCUT2D eigenvalue weighted by Gasteiger charge is 2.29. The van der Waals surface area contributed by atoms with Crippen LogP contribution in [0.15, 0.2) is 12.4 Å². The van der Waals surface area contributed by atoms with E-state index in [0.29, 0.717) is 24.8 Å². The van der Waals surface area contributed by atoms with Crippen LogP contribution >= 0.6 is 0 Å². The summed E-state index contributed by atoms with van der Waals surface area (Å²) >= 11 is 0. The monoisotopic (exact) mass is 365 g/mol. The number of hydrogen-bond acceptors (Lipinski definition) is 6. The molecule has 0 N–H and O–H groups in total. The van der Waals surface area contributed by atoms with E-state index in [1.807, 2.05) is 25.7 Å². The zero-order valence-electron chi connectivity index (χ0n) is 16.4. The van der Waals surface area contributed by atoms with Crippen LogP contribution in [0.3, 0.4) is 0 Å². The van der Waals surface area contributed by atoms with E-state index in [-0.39, 0.29) is 12.1 Å². The van der Waals surface area contributed by atoms with Crippen LogP contribution in [0.1, 0.15) is 58.6 Å². The van der Waals surface area contributed by atoms with Crippen LogP contribution in [0.5, 0.6) is 5.88 Å². The van der Waals surface area contributed by atoms with E-state index in [9.17, 15) is 4.79 Å². The number of carbonyl (C=O) groups excluding carboxylic acids is 1. The van der Waals surface area contributed by atoms with Gasteiger partial charge in [0.1, 0.15) is 11.3 Å². The van der Waals surface area contributed by atoms with E-state index in [0.717, 1.165) is 38.6 Å². The third-order valence-electron chi connectivity index (χ3n) is 4.25. The molecule has 1 atom stereocenters. The summed E-state index contributed by atoms with van der Waals surface area (Å²) in [5.74, 6) is 0.496. The second-order valence-corrected chi connectivity index (χ2v) is 7.53. The van der Waals surface area contributed by atoms with Crippen molar-refractivity contribution in [1.29, 1.82) is 0 Å². The van der Waals surface area contributed by atoms with Crippen LogP contribution < -0.4 is 4.74 Å². The van der Waals surface area contributed by atoms with Gasteiger partial charge < -0.3 is 19.1 Å². The van der Waals surface area contributed by atoms with Gasteiger partial charge in [-0.3, -0.25) is 4.98 Å². The molecule has 26 heavy (non-hydrogen) atoms. The molecular formula is C19H31N3O4. The van der Waals surface area contributed by atoms with Crippen molar-refractivity contribution in [1.82, 2.24) is 14.9 Å². The largest absolute Gasteiger partial charge is 0.480 e. The van der Waals surface area contributed by atoms with Crippen molar-refractivity contribution >= 4 is 6.09 Å². The number of likely N-dealkylation sites (tertiary alicyclic amines) is 1. The van der Waals surface area contributed by atoms with Gasteiger partial charge in [0.25, 0.3) is 0 Å². The summed E-state index contributed by atoms with van der Waals surface area (Å²) in [6.07, 6.45) is 8.03. The minimum absolute atomic E-state index is 0.201. The number of ether oxygens (including phenoxy) is 3.